The molecule has 0 aromatic heterocycles. The summed E-state index contributed by atoms with van der Waals surface area (Å²) in [5.74, 6) is 0.485. The lowest BCUT2D eigenvalue weighted by Crippen LogP contribution is -2.47. The minimum Gasteiger partial charge on any atom is -0.396 e. The summed E-state index contributed by atoms with van der Waals surface area (Å²) in [6.07, 6.45) is 3.50. The second-order valence-electron chi connectivity index (χ2n) is 5.70. The van der Waals surface area contributed by atoms with Gasteiger partial charge in [0, 0.05) is 24.6 Å². The monoisotopic (exact) mass is 249 g/mol. The lowest BCUT2D eigenvalue weighted by Gasteiger charge is -2.42. The van der Waals surface area contributed by atoms with Crippen LogP contribution in [0, 0.1) is 11.7 Å². The van der Waals surface area contributed by atoms with Crippen molar-refractivity contribution in [2.24, 2.45) is 5.92 Å². The number of fused-ring (bicyclic) bond motifs is 2. The van der Waals surface area contributed by atoms with Gasteiger partial charge in [0.1, 0.15) is 5.82 Å². The molecule has 0 radical (unpaired) electrons. The molecule has 1 aromatic carbocycles. The van der Waals surface area contributed by atoms with Crippen molar-refractivity contribution < 1.29 is 9.50 Å². The lowest BCUT2D eigenvalue weighted by molar-refractivity contribution is 0.0592. The summed E-state index contributed by atoms with van der Waals surface area (Å²) < 4.78 is 13.0. The van der Waals surface area contributed by atoms with Gasteiger partial charge in [0.05, 0.1) is 0 Å². The number of hydrogen-bond donors (Lipinski definition) is 1. The Morgan fingerprint density at radius 3 is 2.67 bits per heavy atom. The molecule has 0 saturated carbocycles. The third-order valence-corrected chi connectivity index (χ3v) is 4.94. The van der Waals surface area contributed by atoms with Crippen molar-refractivity contribution in [1.29, 1.82) is 0 Å². The fourth-order valence-electron chi connectivity index (χ4n) is 3.92. The molecule has 4 atom stereocenters. The van der Waals surface area contributed by atoms with E-state index >= 15 is 0 Å². The molecule has 1 aromatic rings. The number of benzene rings is 1. The fraction of sp³-hybridized carbons (Fsp3) is 0.600. The SMILES string of the molecule is CN1[C@@H]2CC[C@H]1[C@H](CO)[C@H](c1ccc(F)cc1)C2. The average molecular weight is 249 g/mol. The maximum Gasteiger partial charge on any atom is 0.123 e. The molecule has 3 rings (SSSR count). The Morgan fingerprint density at radius 1 is 1.28 bits per heavy atom. The molecule has 2 nitrogen and oxygen atoms in total. The first-order valence-corrected chi connectivity index (χ1v) is 6.79. The number of hydrogen-bond acceptors (Lipinski definition) is 2. The smallest absolute Gasteiger partial charge is 0.123 e. The van der Waals surface area contributed by atoms with E-state index < -0.39 is 0 Å². The van der Waals surface area contributed by atoms with Crippen LogP contribution in [-0.2, 0) is 0 Å². The highest BCUT2D eigenvalue weighted by Gasteiger charge is 2.45. The molecule has 0 unspecified atom stereocenters. The first-order valence-electron chi connectivity index (χ1n) is 6.79. The van der Waals surface area contributed by atoms with E-state index in [1.165, 1.54) is 30.5 Å². The van der Waals surface area contributed by atoms with E-state index in [1.54, 1.807) is 0 Å². The van der Waals surface area contributed by atoms with Gasteiger partial charge in [-0.1, -0.05) is 12.1 Å². The molecule has 1 N–H and O–H groups in total. The van der Waals surface area contributed by atoms with E-state index in [2.05, 4.69) is 11.9 Å². The summed E-state index contributed by atoms with van der Waals surface area (Å²) in [6.45, 7) is 0.226. The maximum atomic E-state index is 13.0. The minimum atomic E-state index is -0.185. The molecule has 0 amide bonds. The lowest BCUT2D eigenvalue weighted by atomic mass is 9.76. The summed E-state index contributed by atoms with van der Waals surface area (Å²) in [5, 5.41) is 9.71. The van der Waals surface area contributed by atoms with E-state index in [0.29, 0.717) is 23.9 Å². The van der Waals surface area contributed by atoms with Crippen molar-refractivity contribution >= 4 is 0 Å². The zero-order chi connectivity index (χ0) is 12.7. The zero-order valence-corrected chi connectivity index (χ0v) is 10.7. The predicted octanol–water partition coefficient (Wildman–Crippen LogP) is 2.38. The molecule has 18 heavy (non-hydrogen) atoms. The molecule has 2 aliphatic heterocycles. The van der Waals surface area contributed by atoms with Crippen molar-refractivity contribution in [2.45, 2.75) is 37.3 Å². The Kier molecular flexibility index (Phi) is 3.12. The first kappa shape index (κ1) is 12.1. The summed E-state index contributed by atoms with van der Waals surface area (Å²) >= 11 is 0. The molecule has 2 fully saturated rings. The topological polar surface area (TPSA) is 23.5 Å². The van der Waals surface area contributed by atoms with Gasteiger partial charge in [-0.2, -0.15) is 0 Å². The number of aliphatic hydroxyl groups is 1. The first-order chi connectivity index (χ1) is 8.70. The van der Waals surface area contributed by atoms with Crippen LogP contribution in [0.5, 0.6) is 0 Å². The molecule has 2 aliphatic rings. The third-order valence-electron chi connectivity index (χ3n) is 4.94. The summed E-state index contributed by atoms with van der Waals surface area (Å²) in [4.78, 5) is 2.43. The zero-order valence-electron chi connectivity index (χ0n) is 10.7. The number of rotatable bonds is 2. The van der Waals surface area contributed by atoms with Gasteiger partial charge < -0.3 is 10.0 Å². The van der Waals surface area contributed by atoms with E-state index in [-0.39, 0.29) is 12.4 Å². The second-order valence-corrected chi connectivity index (χ2v) is 5.70. The van der Waals surface area contributed by atoms with E-state index in [9.17, 15) is 9.50 Å². The van der Waals surface area contributed by atoms with Gasteiger partial charge in [-0.05, 0) is 49.9 Å². The summed E-state index contributed by atoms with van der Waals surface area (Å²) in [5.41, 5.74) is 1.18. The Labute approximate surface area is 107 Å². The van der Waals surface area contributed by atoms with Crippen molar-refractivity contribution in [3.05, 3.63) is 35.6 Å². The highest BCUT2D eigenvalue weighted by Crippen LogP contribution is 2.45. The number of nitrogens with zero attached hydrogens (tertiary/aromatic N) is 1. The van der Waals surface area contributed by atoms with Gasteiger partial charge in [-0.3, -0.25) is 0 Å². The molecule has 2 heterocycles. The molecule has 0 spiro atoms. The fourth-order valence-corrected chi connectivity index (χ4v) is 3.92. The van der Waals surface area contributed by atoms with Crippen LogP contribution in [0.25, 0.3) is 0 Å². The van der Waals surface area contributed by atoms with Gasteiger partial charge >= 0.3 is 0 Å². The van der Waals surface area contributed by atoms with Crippen LogP contribution in [-0.4, -0.2) is 35.7 Å². The van der Waals surface area contributed by atoms with Crippen molar-refractivity contribution in [3.63, 3.8) is 0 Å². The average Bonchev–Trinajstić information content (AvgIpc) is 2.63. The number of aliphatic hydroxyl groups excluding tert-OH is 1. The van der Waals surface area contributed by atoms with E-state index in [4.69, 9.17) is 0 Å². The minimum absolute atomic E-state index is 0.185. The molecular weight excluding hydrogens is 229 g/mol. The van der Waals surface area contributed by atoms with Gasteiger partial charge in [0.2, 0.25) is 0 Å². The normalized spacial score (nSPS) is 35.9. The van der Waals surface area contributed by atoms with Crippen molar-refractivity contribution in [2.75, 3.05) is 13.7 Å². The second kappa shape index (κ2) is 4.63. The molecule has 0 aliphatic carbocycles. The number of halogens is 1. The van der Waals surface area contributed by atoms with Crippen LogP contribution in [0.4, 0.5) is 4.39 Å². The maximum absolute atomic E-state index is 13.0. The third kappa shape index (κ3) is 1.86. The summed E-state index contributed by atoms with van der Waals surface area (Å²) in [7, 11) is 2.17. The Bertz CT molecular complexity index is 419. The Morgan fingerprint density at radius 2 is 2.00 bits per heavy atom. The quantitative estimate of drug-likeness (QED) is 0.870. The summed E-state index contributed by atoms with van der Waals surface area (Å²) in [6, 6.07) is 7.95. The van der Waals surface area contributed by atoms with Gasteiger partial charge in [0.25, 0.3) is 0 Å². The van der Waals surface area contributed by atoms with E-state index in [1.807, 2.05) is 12.1 Å². The largest absolute Gasteiger partial charge is 0.396 e. The Hall–Kier alpha value is -0.930. The van der Waals surface area contributed by atoms with Crippen LogP contribution in [0.3, 0.4) is 0 Å². The van der Waals surface area contributed by atoms with Gasteiger partial charge in [-0.15, -0.1) is 0 Å². The van der Waals surface area contributed by atoms with Crippen molar-refractivity contribution in [3.8, 4) is 0 Å². The van der Waals surface area contributed by atoms with Gasteiger partial charge in [-0.25, -0.2) is 4.39 Å². The standard InChI is InChI=1S/C15H20FNO/c1-17-12-6-7-15(17)14(9-18)13(8-12)10-2-4-11(16)5-3-10/h2-5,12-15,18H,6-9H2,1H3/t12-,13+,14-,15+/m1/s1. The van der Waals surface area contributed by atoms with Crippen LogP contribution < -0.4 is 0 Å². The molecule has 2 bridgehead atoms. The number of piperidine rings is 1. The van der Waals surface area contributed by atoms with Crippen LogP contribution in [0.1, 0.15) is 30.7 Å². The van der Waals surface area contributed by atoms with Gasteiger partial charge in [0.15, 0.2) is 0 Å². The highest BCUT2D eigenvalue weighted by molar-refractivity contribution is 5.24. The van der Waals surface area contributed by atoms with Crippen LogP contribution >= 0.6 is 0 Å². The molecular formula is C15H20FNO. The van der Waals surface area contributed by atoms with Crippen LogP contribution in [0.2, 0.25) is 0 Å². The Balaban J connectivity index is 1.89. The highest BCUT2D eigenvalue weighted by atomic mass is 19.1. The van der Waals surface area contributed by atoms with Crippen molar-refractivity contribution in [1.82, 2.24) is 4.90 Å². The molecule has 2 saturated heterocycles. The van der Waals surface area contributed by atoms with Crippen LogP contribution in [0.15, 0.2) is 24.3 Å². The molecule has 98 valence electrons. The predicted molar refractivity (Wildman–Crippen MR) is 68.9 cm³/mol. The van der Waals surface area contributed by atoms with E-state index in [0.717, 1.165) is 6.42 Å². The molecule has 3 heteroatoms.